The largest absolute Gasteiger partial charge is 0.628 e. The minimum Gasteiger partial charge on any atom is -0.628 e. The van der Waals surface area contributed by atoms with Gasteiger partial charge in [-0.2, -0.15) is 4.98 Å². The van der Waals surface area contributed by atoms with E-state index >= 15 is 0 Å². The maximum absolute atomic E-state index is 9.77. The number of nitrogens with two attached hydrogens (primary N) is 1. The first kappa shape index (κ1) is 4.29. The first-order chi connectivity index (χ1) is 3.43. The molecule has 0 aliphatic carbocycles. The molecular weight excluding hydrogens is 94.1 g/mol. The number of quaternary nitrogens is 1. The molecule has 1 aromatic rings. The van der Waals surface area contributed by atoms with Crippen molar-refractivity contribution < 1.29 is 5.48 Å². The number of rotatable bonds is 1. The Morgan fingerprint density at radius 2 is 2.71 bits per heavy atom. The van der Waals surface area contributed by atoms with Gasteiger partial charge in [-0.3, -0.25) is 4.98 Å². The zero-order valence-corrected chi connectivity index (χ0v) is 3.59. The van der Waals surface area contributed by atoms with Crippen LogP contribution in [-0.4, -0.2) is 9.97 Å². The van der Waals surface area contributed by atoms with E-state index in [1.54, 1.807) is 6.20 Å². The van der Waals surface area contributed by atoms with Crippen LogP contribution in [0.3, 0.4) is 0 Å². The highest BCUT2D eigenvalue weighted by Crippen LogP contribution is 1.80. The number of hydrogen-bond donors (Lipinski definition) is 2. The molecule has 1 rings (SSSR count). The van der Waals surface area contributed by atoms with Gasteiger partial charge in [0.15, 0.2) is 0 Å². The van der Waals surface area contributed by atoms with Crippen LogP contribution < -0.4 is 5.48 Å². The van der Waals surface area contributed by atoms with Crippen molar-refractivity contribution >= 4 is 5.95 Å². The van der Waals surface area contributed by atoms with E-state index in [0.717, 1.165) is 0 Å². The van der Waals surface area contributed by atoms with Gasteiger partial charge in [0.05, 0.1) is 6.20 Å². The van der Waals surface area contributed by atoms with Crippen molar-refractivity contribution in [2.24, 2.45) is 0 Å². The van der Waals surface area contributed by atoms with Crippen molar-refractivity contribution in [3.8, 4) is 0 Å². The molecule has 1 aromatic heterocycles. The van der Waals surface area contributed by atoms with Crippen molar-refractivity contribution in [1.29, 1.82) is 0 Å². The van der Waals surface area contributed by atoms with E-state index in [1.165, 1.54) is 6.20 Å². The summed E-state index contributed by atoms with van der Waals surface area (Å²) in [5, 5.41) is 9.77. The Morgan fingerprint density at radius 3 is 3.00 bits per heavy atom. The predicted molar refractivity (Wildman–Crippen MR) is 23.5 cm³/mol. The predicted octanol–water partition coefficient (Wildman–Crippen LogP) is -0.898. The molecule has 0 unspecified atom stereocenters. The number of hydrogen-bond acceptors (Lipinski definition) is 2. The summed E-state index contributed by atoms with van der Waals surface area (Å²) >= 11 is 0. The van der Waals surface area contributed by atoms with Gasteiger partial charge in [-0.1, -0.05) is 0 Å². The number of aromatic amines is 1. The van der Waals surface area contributed by atoms with Crippen LogP contribution in [-0.2, 0) is 0 Å². The average Bonchev–Trinajstić information content (AvgIpc) is 2.14. The number of nitrogens with one attached hydrogen (secondary N) is 1. The molecule has 0 aliphatic rings. The Hall–Kier alpha value is -0.870. The average molecular weight is 99.1 g/mol. The van der Waals surface area contributed by atoms with Crippen molar-refractivity contribution in [2.75, 3.05) is 0 Å². The fraction of sp³-hybridized carbons (Fsp3) is 0. The molecule has 4 heteroatoms. The lowest BCUT2D eigenvalue weighted by atomic mass is 11.0. The van der Waals surface area contributed by atoms with E-state index in [-0.39, 0.29) is 0 Å². The Labute approximate surface area is 40.2 Å². The minimum atomic E-state index is 0.375. The van der Waals surface area contributed by atoms with E-state index in [2.05, 4.69) is 9.97 Å². The SMILES string of the molecule is [O-][NH2+]c1ncc[nH]1. The van der Waals surface area contributed by atoms with Gasteiger partial charge in [0.2, 0.25) is 0 Å². The second-order valence-corrected chi connectivity index (χ2v) is 1.09. The van der Waals surface area contributed by atoms with Gasteiger partial charge < -0.3 is 10.7 Å². The van der Waals surface area contributed by atoms with Gasteiger partial charge in [0.25, 0.3) is 0 Å². The molecule has 0 radical (unpaired) electrons. The molecular formula is C3H5N3O. The topological polar surface area (TPSA) is 68.3 Å². The van der Waals surface area contributed by atoms with Gasteiger partial charge in [0, 0.05) is 6.20 Å². The summed E-state index contributed by atoms with van der Waals surface area (Å²) in [6.07, 6.45) is 3.13. The minimum absolute atomic E-state index is 0.375. The Bertz CT molecular complexity index is 125. The summed E-state index contributed by atoms with van der Waals surface area (Å²) < 4.78 is 0. The zero-order valence-electron chi connectivity index (χ0n) is 3.59. The fourth-order valence-electron chi connectivity index (χ4n) is 0.342. The lowest BCUT2D eigenvalue weighted by Gasteiger charge is -1.90. The second kappa shape index (κ2) is 1.72. The highest BCUT2D eigenvalue weighted by Gasteiger charge is 1.84. The van der Waals surface area contributed by atoms with Crippen LogP contribution in [0, 0.1) is 5.21 Å². The maximum Gasteiger partial charge on any atom is 0.303 e. The standard InChI is InChI=1S/C3H5N3O/c7-6-3-4-1-2-5-3/h1-2H,6H2,(H,4,5). The van der Waals surface area contributed by atoms with Gasteiger partial charge in [0.1, 0.15) is 0 Å². The molecule has 0 aromatic carbocycles. The van der Waals surface area contributed by atoms with Crippen LogP contribution in [0.1, 0.15) is 0 Å². The number of imidazole rings is 1. The molecule has 3 N–H and O–H groups in total. The highest BCUT2D eigenvalue weighted by molar-refractivity contribution is 4.98. The van der Waals surface area contributed by atoms with E-state index in [1.807, 2.05) is 0 Å². The normalized spacial score (nSPS) is 9.29. The summed E-state index contributed by atoms with van der Waals surface area (Å²) in [4.78, 5) is 6.22. The van der Waals surface area contributed by atoms with Crippen LogP contribution in [0.4, 0.5) is 5.95 Å². The molecule has 4 nitrogen and oxygen atoms in total. The molecule has 0 fully saturated rings. The van der Waals surface area contributed by atoms with E-state index in [4.69, 9.17) is 0 Å². The number of aromatic nitrogens is 2. The van der Waals surface area contributed by atoms with Crippen LogP contribution in [0.15, 0.2) is 12.4 Å². The van der Waals surface area contributed by atoms with E-state index < -0.39 is 0 Å². The third kappa shape index (κ3) is 0.760. The molecule has 0 amide bonds. The molecule has 0 spiro atoms. The van der Waals surface area contributed by atoms with Crippen molar-refractivity contribution in [3.05, 3.63) is 17.6 Å². The monoisotopic (exact) mass is 99.0 g/mol. The molecule has 7 heavy (non-hydrogen) atoms. The van der Waals surface area contributed by atoms with Crippen LogP contribution in [0.2, 0.25) is 0 Å². The summed E-state index contributed by atoms with van der Waals surface area (Å²) in [5.41, 5.74) is 0.667. The Kier molecular flexibility index (Phi) is 1.06. The molecule has 0 saturated carbocycles. The van der Waals surface area contributed by atoms with Gasteiger partial charge >= 0.3 is 5.95 Å². The van der Waals surface area contributed by atoms with Gasteiger partial charge in [-0.25, -0.2) is 0 Å². The van der Waals surface area contributed by atoms with E-state index in [0.29, 0.717) is 11.4 Å². The zero-order chi connectivity index (χ0) is 5.11. The lowest BCUT2D eigenvalue weighted by Crippen LogP contribution is -2.71. The lowest BCUT2D eigenvalue weighted by molar-refractivity contribution is -0.505. The summed E-state index contributed by atoms with van der Waals surface area (Å²) in [5.74, 6) is 0.375. The number of H-pyrrole nitrogens is 1. The molecule has 0 aliphatic heterocycles. The van der Waals surface area contributed by atoms with Crippen molar-refractivity contribution in [2.45, 2.75) is 0 Å². The second-order valence-electron chi connectivity index (χ2n) is 1.09. The molecule has 1 heterocycles. The van der Waals surface area contributed by atoms with Gasteiger partial charge in [-0.05, 0) is 0 Å². The smallest absolute Gasteiger partial charge is 0.303 e. The fourth-order valence-corrected chi connectivity index (χ4v) is 0.342. The first-order valence-electron chi connectivity index (χ1n) is 1.88. The quantitative estimate of drug-likeness (QED) is 0.448. The van der Waals surface area contributed by atoms with Crippen LogP contribution in [0.5, 0.6) is 0 Å². The Balaban J connectivity index is 2.76. The van der Waals surface area contributed by atoms with E-state index in [9.17, 15) is 5.21 Å². The molecule has 0 bridgehead atoms. The third-order valence-electron chi connectivity index (χ3n) is 0.631. The first-order valence-corrected chi connectivity index (χ1v) is 1.88. The van der Waals surface area contributed by atoms with Crippen LogP contribution in [0.25, 0.3) is 0 Å². The van der Waals surface area contributed by atoms with Crippen molar-refractivity contribution in [1.82, 2.24) is 9.97 Å². The molecule has 0 saturated heterocycles. The number of nitrogens with zero attached hydrogens (tertiary/aromatic N) is 1. The molecule has 38 valence electrons. The highest BCUT2D eigenvalue weighted by atomic mass is 16.5. The summed E-state index contributed by atoms with van der Waals surface area (Å²) in [7, 11) is 0. The maximum atomic E-state index is 9.77. The summed E-state index contributed by atoms with van der Waals surface area (Å²) in [6.45, 7) is 0. The molecule has 0 atom stereocenters. The Morgan fingerprint density at radius 1 is 1.86 bits per heavy atom. The van der Waals surface area contributed by atoms with Crippen LogP contribution >= 0.6 is 0 Å². The third-order valence-corrected chi connectivity index (χ3v) is 0.631. The van der Waals surface area contributed by atoms with Crippen molar-refractivity contribution in [3.63, 3.8) is 0 Å². The summed E-state index contributed by atoms with van der Waals surface area (Å²) in [6, 6.07) is 0. The van der Waals surface area contributed by atoms with Gasteiger partial charge in [-0.15, -0.1) is 0 Å².